The zero-order valence-electron chi connectivity index (χ0n) is 11.3. The van der Waals surface area contributed by atoms with Crippen LogP contribution in [0.2, 0.25) is 0 Å². The van der Waals surface area contributed by atoms with Gasteiger partial charge < -0.3 is 9.30 Å². The van der Waals surface area contributed by atoms with E-state index < -0.39 is 0 Å². The highest BCUT2D eigenvalue weighted by Crippen LogP contribution is 2.25. The molecule has 0 radical (unpaired) electrons. The molecule has 0 saturated carbocycles. The van der Waals surface area contributed by atoms with Gasteiger partial charge in [-0.3, -0.25) is 0 Å². The number of nitrogens with zero attached hydrogens (tertiary/aromatic N) is 2. The maximum Gasteiger partial charge on any atom is 0.139 e. The second kappa shape index (κ2) is 7.38. The van der Waals surface area contributed by atoms with Gasteiger partial charge in [-0.25, -0.2) is 9.37 Å². The number of aromatic nitrogens is 2. The molecule has 0 amide bonds. The Kier molecular flexibility index (Phi) is 5.81. The third-order valence-electron chi connectivity index (χ3n) is 3.17. The third-order valence-corrected chi connectivity index (χ3v) is 3.96. The summed E-state index contributed by atoms with van der Waals surface area (Å²) in [5.41, 5.74) is 1.62. The van der Waals surface area contributed by atoms with Crippen molar-refractivity contribution in [2.45, 2.75) is 25.8 Å². The average Bonchev–Trinajstić information content (AvgIpc) is 2.73. The quantitative estimate of drug-likeness (QED) is 0.546. The van der Waals surface area contributed by atoms with E-state index in [9.17, 15) is 4.39 Å². The Bertz CT molecular complexity index is 588. The molecule has 2 aromatic rings. The molecular weight excluding hydrogens is 347 g/mol. The molecule has 2 rings (SSSR count). The van der Waals surface area contributed by atoms with Crippen LogP contribution in [0.25, 0.3) is 11.0 Å². The molecule has 0 spiro atoms. The molecule has 0 saturated heterocycles. The van der Waals surface area contributed by atoms with Crippen LogP contribution in [0.1, 0.15) is 18.7 Å². The predicted octanol–water partition coefficient (Wildman–Crippen LogP) is 4.15. The van der Waals surface area contributed by atoms with Crippen molar-refractivity contribution < 1.29 is 9.13 Å². The van der Waals surface area contributed by atoms with Gasteiger partial charge in [-0.15, -0.1) is 11.6 Å². The van der Waals surface area contributed by atoms with Gasteiger partial charge in [0.25, 0.3) is 0 Å². The molecule has 20 heavy (non-hydrogen) atoms. The summed E-state index contributed by atoms with van der Waals surface area (Å²) in [7, 11) is 1.69. The molecule has 1 aromatic heterocycles. The molecule has 0 fully saturated rings. The first-order valence-electron chi connectivity index (χ1n) is 6.56. The number of methoxy groups -OCH3 is 1. The highest BCUT2D eigenvalue weighted by Gasteiger charge is 2.13. The Morgan fingerprint density at radius 2 is 2.20 bits per heavy atom. The standard InChI is InChI=1S/C14H17BrClFN2O/c1-20-7-3-2-6-19-13-9-11(17)10(15)8-12(13)18-14(19)4-5-16/h8-9H,2-7H2,1H3. The number of unbranched alkanes of at least 4 members (excludes halogenated alkanes) is 1. The number of fused-ring (bicyclic) bond motifs is 1. The lowest BCUT2D eigenvalue weighted by Gasteiger charge is -2.08. The molecule has 3 nitrogen and oxygen atoms in total. The molecule has 1 heterocycles. The minimum atomic E-state index is -0.270. The van der Waals surface area contributed by atoms with Crippen molar-refractivity contribution in [2.75, 3.05) is 19.6 Å². The van der Waals surface area contributed by atoms with Crippen LogP contribution in [0.3, 0.4) is 0 Å². The van der Waals surface area contributed by atoms with Gasteiger partial charge in [-0.05, 0) is 34.8 Å². The summed E-state index contributed by atoms with van der Waals surface area (Å²) in [5.74, 6) is 1.14. The van der Waals surface area contributed by atoms with Crippen molar-refractivity contribution in [3.05, 3.63) is 28.2 Å². The molecule has 0 unspecified atom stereocenters. The molecule has 1 aromatic carbocycles. The molecule has 110 valence electrons. The van der Waals surface area contributed by atoms with Gasteiger partial charge in [-0.1, -0.05) is 0 Å². The Labute approximate surface area is 131 Å². The Balaban J connectivity index is 2.32. The van der Waals surface area contributed by atoms with Crippen LogP contribution < -0.4 is 0 Å². The largest absolute Gasteiger partial charge is 0.385 e. The van der Waals surface area contributed by atoms with Crippen molar-refractivity contribution in [3.63, 3.8) is 0 Å². The fraction of sp³-hybridized carbons (Fsp3) is 0.500. The van der Waals surface area contributed by atoms with Gasteiger partial charge in [0.15, 0.2) is 0 Å². The van der Waals surface area contributed by atoms with Crippen LogP contribution >= 0.6 is 27.5 Å². The molecular formula is C14H17BrClFN2O. The fourth-order valence-corrected chi connectivity index (χ4v) is 2.71. The highest BCUT2D eigenvalue weighted by atomic mass is 79.9. The number of benzene rings is 1. The maximum absolute atomic E-state index is 13.7. The van der Waals surface area contributed by atoms with E-state index in [0.29, 0.717) is 16.8 Å². The van der Waals surface area contributed by atoms with E-state index in [2.05, 4.69) is 25.5 Å². The van der Waals surface area contributed by atoms with Gasteiger partial charge in [-0.2, -0.15) is 0 Å². The lowest BCUT2D eigenvalue weighted by Crippen LogP contribution is -2.06. The van der Waals surface area contributed by atoms with Crippen LogP contribution in [0, 0.1) is 5.82 Å². The van der Waals surface area contributed by atoms with E-state index in [1.807, 2.05) is 0 Å². The van der Waals surface area contributed by atoms with Gasteiger partial charge in [0.2, 0.25) is 0 Å². The van der Waals surface area contributed by atoms with Gasteiger partial charge >= 0.3 is 0 Å². The zero-order valence-corrected chi connectivity index (χ0v) is 13.7. The fourth-order valence-electron chi connectivity index (χ4n) is 2.21. The SMILES string of the molecule is COCCCCn1c(CCCl)nc2cc(Br)c(F)cc21. The lowest BCUT2D eigenvalue weighted by atomic mass is 10.3. The minimum Gasteiger partial charge on any atom is -0.385 e. The van der Waals surface area contributed by atoms with Crippen LogP contribution in [0.5, 0.6) is 0 Å². The Hall–Kier alpha value is -0.650. The van der Waals surface area contributed by atoms with Crippen molar-refractivity contribution >= 4 is 38.6 Å². The van der Waals surface area contributed by atoms with E-state index in [1.54, 1.807) is 13.2 Å². The normalized spacial score (nSPS) is 11.4. The van der Waals surface area contributed by atoms with Gasteiger partial charge in [0, 0.05) is 38.6 Å². The van der Waals surface area contributed by atoms with Crippen LogP contribution in [0.4, 0.5) is 4.39 Å². The van der Waals surface area contributed by atoms with Crippen LogP contribution in [-0.4, -0.2) is 29.1 Å². The van der Waals surface area contributed by atoms with Crippen LogP contribution in [-0.2, 0) is 17.7 Å². The summed E-state index contributed by atoms with van der Waals surface area (Å²) in [4.78, 5) is 4.55. The average molecular weight is 364 g/mol. The number of imidazole rings is 1. The molecule has 6 heteroatoms. The number of ether oxygens (including phenoxy) is 1. The van der Waals surface area contributed by atoms with E-state index >= 15 is 0 Å². The molecule has 0 atom stereocenters. The third kappa shape index (κ3) is 3.51. The van der Waals surface area contributed by atoms with Crippen molar-refractivity contribution in [1.29, 1.82) is 0 Å². The van der Waals surface area contributed by atoms with Crippen molar-refractivity contribution in [3.8, 4) is 0 Å². The number of halogens is 3. The summed E-state index contributed by atoms with van der Waals surface area (Å²) < 4.78 is 21.3. The van der Waals surface area contributed by atoms with Crippen molar-refractivity contribution in [1.82, 2.24) is 9.55 Å². The van der Waals surface area contributed by atoms with Crippen LogP contribution in [0.15, 0.2) is 16.6 Å². The molecule has 0 aliphatic heterocycles. The second-order valence-corrected chi connectivity index (χ2v) is 5.81. The number of alkyl halides is 1. The van der Waals surface area contributed by atoms with Gasteiger partial charge in [0.1, 0.15) is 11.6 Å². The maximum atomic E-state index is 13.7. The summed E-state index contributed by atoms with van der Waals surface area (Å²) in [5, 5.41) is 0. The Morgan fingerprint density at radius 3 is 2.90 bits per heavy atom. The first-order chi connectivity index (χ1) is 9.67. The first-order valence-corrected chi connectivity index (χ1v) is 7.89. The zero-order chi connectivity index (χ0) is 14.5. The smallest absolute Gasteiger partial charge is 0.139 e. The first kappa shape index (κ1) is 15.7. The summed E-state index contributed by atoms with van der Waals surface area (Å²) in [6.45, 7) is 1.53. The highest BCUT2D eigenvalue weighted by molar-refractivity contribution is 9.10. The van der Waals surface area contributed by atoms with E-state index in [4.69, 9.17) is 16.3 Å². The molecule has 0 aliphatic carbocycles. The number of rotatable bonds is 7. The number of hydrogen-bond donors (Lipinski definition) is 0. The van der Waals surface area contributed by atoms with E-state index in [0.717, 1.165) is 42.9 Å². The Morgan fingerprint density at radius 1 is 1.40 bits per heavy atom. The summed E-state index contributed by atoms with van der Waals surface area (Å²) >= 11 is 9.02. The van der Waals surface area contributed by atoms with E-state index in [1.165, 1.54) is 6.07 Å². The summed E-state index contributed by atoms with van der Waals surface area (Å²) in [6, 6.07) is 3.24. The molecule has 0 N–H and O–H groups in total. The second-order valence-electron chi connectivity index (χ2n) is 4.57. The summed E-state index contributed by atoms with van der Waals surface area (Å²) in [6.07, 6.45) is 2.61. The number of aryl methyl sites for hydroxylation is 2. The topological polar surface area (TPSA) is 27.1 Å². The number of hydrogen-bond acceptors (Lipinski definition) is 2. The molecule has 0 aliphatic rings. The van der Waals surface area contributed by atoms with E-state index in [-0.39, 0.29) is 5.82 Å². The molecule has 0 bridgehead atoms. The van der Waals surface area contributed by atoms with Crippen molar-refractivity contribution in [2.24, 2.45) is 0 Å². The minimum absolute atomic E-state index is 0.270. The van der Waals surface area contributed by atoms with Gasteiger partial charge in [0.05, 0.1) is 15.5 Å². The predicted molar refractivity (Wildman–Crippen MR) is 82.9 cm³/mol. The monoisotopic (exact) mass is 362 g/mol. The lowest BCUT2D eigenvalue weighted by molar-refractivity contribution is 0.191.